The number of thioether (sulfide) groups is 1. The van der Waals surface area contributed by atoms with Gasteiger partial charge < -0.3 is 9.88 Å². The van der Waals surface area contributed by atoms with Crippen LogP contribution in [-0.2, 0) is 11.3 Å². The van der Waals surface area contributed by atoms with E-state index in [1.54, 1.807) is 11.3 Å². The lowest BCUT2D eigenvalue weighted by Gasteiger charge is -2.56. The van der Waals surface area contributed by atoms with Crippen molar-refractivity contribution in [1.82, 2.24) is 20.1 Å². The molecular weight excluding hydrogens is 376 g/mol. The number of hydrogen-bond donors (Lipinski definition) is 1. The van der Waals surface area contributed by atoms with E-state index in [2.05, 4.69) is 38.5 Å². The Morgan fingerprint density at radius 3 is 2.56 bits per heavy atom. The molecule has 0 spiro atoms. The van der Waals surface area contributed by atoms with E-state index in [0.717, 1.165) is 40.2 Å². The summed E-state index contributed by atoms with van der Waals surface area (Å²) in [6.07, 6.45) is 7.79. The van der Waals surface area contributed by atoms with Crippen molar-refractivity contribution in [3.63, 3.8) is 0 Å². The number of nitrogens with zero attached hydrogens (tertiary/aromatic N) is 3. The Hall–Kier alpha value is -1.34. The highest BCUT2D eigenvalue weighted by atomic mass is 32.2. The second-order valence-electron chi connectivity index (χ2n) is 8.56. The lowest BCUT2D eigenvalue weighted by atomic mass is 9.53. The van der Waals surface area contributed by atoms with Crippen molar-refractivity contribution in [2.75, 3.05) is 5.75 Å². The average Bonchev–Trinajstić information content (AvgIpc) is 3.27. The molecule has 5 nitrogen and oxygen atoms in total. The maximum Gasteiger partial charge on any atom is 0.230 e. The summed E-state index contributed by atoms with van der Waals surface area (Å²) >= 11 is 3.18. The first-order valence-electron chi connectivity index (χ1n) is 10.0. The Bertz CT molecular complexity index is 794. The molecule has 27 heavy (non-hydrogen) atoms. The fourth-order valence-electron chi connectivity index (χ4n) is 5.99. The van der Waals surface area contributed by atoms with Gasteiger partial charge in [-0.3, -0.25) is 4.79 Å². The van der Waals surface area contributed by atoms with Crippen LogP contribution >= 0.6 is 23.1 Å². The fraction of sp³-hybridized carbons (Fsp3) is 0.650. The van der Waals surface area contributed by atoms with E-state index in [4.69, 9.17) is 0 Å². The van der Waals surface area contributed by atoms with Crippen molar-refractivity contribution in [1.29, 1.82) is 0 Å². The molecule has 2 heterocycles. The van der Waals surface area contributed by atoms with Crippen LogP contribution < -0.4 is 5.32 Å². The van der Waals surface area contributed by atoms with Gasteiger partial charge >= 0.3 is 0 Å². The van der Waals surface area contributed by atoms with Crippen molar-refractivity contribution >= 4 is 29.0 Å². The summed E-state index contributed by atoms with van der Waals surface area (Å²) in [5.41, 5.74) is 0.0902. The fourth-order valence-corrected chi connectivity index (χ4v) is 7.51. The van der Waals surface area contributed by atoms with Crippen molar-refractivity contribution in [3.8, 4) is 10.7 Å². The molecule has 0 unspecified atom stereocenters. The molecule has 0 atom stereocenters. The molecule has 7 heteroatoms. The topological polar surface area (TPSA) is 59.8 Å². The minimum absolute atomic E-state index is 0.0902. The first-order chi connectivity index (χ1) is 13.1. The maximum atomic E-state index is 12.7. The third-order valence-electron chi connectivity index (χ3n) is 6.55. The summed E-state index contributed by atoms with van der Waals surface area (Å²) in [6, 6.07) is 4.09. The number of amides is 1. The molecule has 4 fully saturated rings. The molecule has 0 aromatic carbocycles. The van der Waals surface area contributed by atoms with Crippen LogP contribution in [0.3, 0.4) is 0 Å². The Balaban J connectivity index is 1.24. The molecule has 1 N–H and O–H groups in total. The number of nitrogens with one attached hydrogen (secondary N) is 1. The van der Waals surface area contributed by atoms with Crippen molar-refractivity contribution < 1.29 is 4.79 Å². The molecule has 4 aliphatic carbocycles. The molecule has 0 radical (unpaired) electrons. The Morgan fingerprint density at radius 2 is 1.96 bits per heavy atom. The molecule has 2 aromatic rings. The molecule has 4 saturated carbocycles. The first-order valence-corrected chi connectivity index (χ1v) is 11.9. The minimum Gasteiger partial charge on any atom is -0.350 e. The SMILES string of the molecule is CCn1c(SCC(=O)NC23CC4CC(CC(C4)C2)C3)nnc1-c1cccs1. The predicted molar refractivity (Wildman–Crippen MR) is 109 cm³/mol. The zero-order valence-corrected chi connectivity index (χ0v) is 17.3. The van der Waals surface area contributed by atoms with Gasteiger partial charge in [0, 0.05) is 12.1 Å². The molecule has 144 valence electrons. The largest absolute Gasteiger partial charge is 0.350 e. The number of aromatic nitrogens is 3. The Labute approximate surface area is 168 Å². The average molecular weight is 403 g/mol. The van der Waals surface area contributed by atoms with E-state index in [0.29, 0.717) is 5.75 Å². The number of carbonyl (C=O) groups excluding carboxylic acids is 1. The lowest BCUT2D eigenvalue weighted by molar-refractivity contribution is -0.124. The van der Waals surface area contributed by atoms with E-state index in [1.807, 2.05) is 6.07 Å². The van der Waals surface area contributed by atoms with E-state index >= 15 is 0 Å². The quantitative estimate of drug-likeness (QED) is 0.736. The maximum absolute atomic E-state index is 12.7. The van der Waals surface area contributed by atoms with Gasteiger partial charge in [0.15, 0.2) is 11.0 Å². The minimum atomic E-state index is 0.0902. The van der Waals surface area contributed by atoms with Crippen LogP contribution in [0.25, 0.3) is 10.7 Å². The second kappa shape index (κ2) is 6.92. The standard InChI is InChI=1S/C20H26N4OS2/c1-2-24-18(16-4-3-5-26-16)22-23-19(24)27-12-17(25)21-20-9-13-6-14(10-20)8-15(7-13)11-20/h3-5,13-15H,2,6-12H2,1H3,(H,21,25). The van der Waals surface area contributed by atoms with E-state index in [-0.39, 0.29) is 11.4 Å². The summed E-state index contributed by atoms with van der Waals surface area (Å²) in [5.74, 6) is 4.02. The van der Waals surface area contributed by atoms with Gasteiger partial charge in [0.25, 0.3) is 0 Å². The van der Waals surface area contributed by atoms with Gasteiger partial charge in [-0.2, -0.15) is 0 Å². The zero-order chi connectivity index (χ0) is 18.4. The third kappa shape index (κ3) is 3.33. The first kappa shape index (κ1) is 17.7. The summed E-state index contributed by atoms with van der Waals surface area (Å²) in [6.45, 7) is 2.90. The number of hydrogen-bond acceptors (Lipinski definition) is 5. The van der Waals surface area contributed by atoms with Crippen LogP contribution in [-0.4, -0.2) is 32.0 Å². The van der Waals surface area contributed by atoms with Crippen LogP contribution in [0.15, 0.2) is 22.7 Å². The smallest absolute Gasteiger partial charge is 0.230 e. The molecule has 4 bridgehead atoms. The Morgan fingerprint density at radius 1 is 1.26 bits per heavy atom. The molecular formula is C20H26N4OS2. The molecule has 2 aromatic heterocycles. The lowest BCUT2D eigenvalue weighted by Crippen LogP contribution is -2.60. The Kier molecular flexibility index (Phi) is 4.55. The zero-order valence-electron chi connectivity index (χ0n) is 15.7. The summed E-state index contributed by atoms with van der Waals surface area (Å²) < 4.78 is 2.11. The molecule has 4 aliphatic rings. The van der Waals surface area contributed by atoms with Gasteiger partial charge in [-0.25, -0.2) is 0 Å². The van der Waals surface area contributed by atoms with Crippen LogP contribution in [0, 0.1) is 17.8 Å². The number of carbonyl (C=O) groups is 1. The van der Waals surface area contributed by atoms with Crippen molar-refractivity contribution in [3.05, 3.63) is 17.5 Å². The van der Waals surface area contributed by atoms with E-state index in [9.17, 15) is 4.79 Å². The van der Waals surface area contributed by atoms with Crippen molar-refractivity contribution in [2.45, 2.75) is 62.7 Å². The molecule has 6 rings (SSSR count). The van der Waals surface area contributed by atoms with Gasteiger partial charge in [-0.05, 0) is 74.6 Å². The molecule has 1 amide bonds. The van der Waals surface area contributed by atoms with Crippen molar-refractivity contribution in [2.24, 2.45) is 17.8 Å². The van der Waals surface area contributed by atoms with Gasteiger partial charge in [-0.15, -0.1) is 21.5 Å². The third-order valence-corrected chi connectivity index (χ3v) is 8.38. The van der Waals surface area contributed by atoms with Gasteiger partial charge in [0.2, 0.25) is 5.91 Å². The highest BCUT2D eigenvalue weighted by molar-refractivity contribution is 7.99. The molecule has 0 aliphatic heterocycles. The van der Waals surface area contributed by atoms with Crippen LogP contribution in [0.5, 0.6) is 0 Å². The van der Waals surface area contributed by atoms with Crippen LogP contribution in [0.1, 0.15) is 45.4 Å². The monoisotopic (exact) mass is 402 g/mol. The van der Waals surface area contributed by atoms with Gasteiger partial charge in [0.1, 0.15) is 0 Å². The second-order valence-corrected chi connectivity index (χ2v) is 10.5. The summed E-state index contributed by atoms with van der Waals surface area (Å²) in [5, 5.41) is 15.0. The van der Waals surface area contributed by atoms with Gasteiger partial charge in [0.05, 0.1) is 10.6 Å². The van der Waals surface area contributed by atoms with Gasteiger partial charge in [-0.1, -0.05) is 17.8 Å². The van der Waals surface area contributed by atoms with E-state index in [1.165, 1.54) is 50.3 Å². The van der Waals surface area contributed by atoms with Crippen LogP contribution in [0.4, 0.5) is 0 Å². The van der Waals surface area contributed by atoms with E-state index < -0.39 is 0 Å². The number of rotatable bonds is 6. The van der Waals surface area contributed by atoms with Crippen LogP contribution in [0.2, 0.25) is 0 Å². The number of thiophene rings is 1. The summed E-state index contributed by atoms with van der Waals surface area (Å²) in [4.78, 5) is 13.9. The highest BCUT2D eigenvalue weighted by Gasteiger charge is 2.51. The summed E-state index contributed by atoms with van der Waals surface area (Å²) in [7, 11) is 0. The predicted octanol–water partition coefficient (Wildman–Crippen LogP) is 4.20. The molecule has 0 saturated heterocycles. The highest BCUT2D eigenvalue weighted by Crippen LogP contribution is 2.55. The normalized spacial score (nSPS) is 31.4.